The maximum Gasteiger partial charge on any atom is 0.220 e. The third-order valence-corrected chi connectivity index (χ3v) is 2.61. The van der Waals surface area contributed by atoms with Gasteiger partial charge in [-0.05, 0) is 25.7 Å². The molecule has 0 bridgehead atoms. The van der Waals surface area contributed by atoms with Gasteiger partial charge in [0.05, 0.1) is 6.04 Å². The van der Waals surface area contributed by atoms with Crippen LogP contribution in [0.2, 0.25) is 0 Å². The van der Waals surface area contributed by atoms with Gasteiger partial charge in [0.2, 0.25) is 5.91 Å². The minimum atomic E-state index is -0.0591. The van der Waals surface area contributed by atoms with Crippen LogP contribution in [-0.2, 0) is 4.79 Å². The average molecular weight is 237 g/mol. The number of imidazole rings is 1. The van der Waals surface area contributed by atoms with Crippen molar-refractivity contribution in [3.8, 4) is 0 Å². The Morgan fingerprint density at radius 2 is 2.18 bits per heavy atom. The van der Waals surface area contributed by atoms with Crippen LogP contribution in [0.4, 0.5) is 0 Å². The number of aromatic nitrogens is 2. The third-order valence-electron chi connectivity index (χ3n) is 2.61. The van der Waals surface area contributed by atoms with E-state index in [4.69, 9.17) is 0 Å². The number of aromatic amines is 1. The summed E-state index contributed by atoms with van der Waals surface area (Å²) < 4.78 is 0. The molecule has 4 nitrogen and oxygen atoms in total. The van der Waals surface area contributed by atoms with Gasteiger partial charge in [-0.2, -0.15) is 0 Å². The van der Waals surface area contributed by atoms with E-state index >= 15 is 0 Å². The second-order valence-electron chi connectivity index (χ2n) is 5.80. The smallest absolute Gasteiger partial charge is 0.220 e. The second kappa shape index (κ2) is 5.34. The minimum absolute atomic E-state index is 0.0591. The van der Waals surface area contributed by atoms with Gasteiger partial charge in [-0.25, -0.2) is 4.98 Å². The fourth-order valence-electron chi connectivity index (χ4n) is 1.52. The quantitative estimate of drug-likeness (QED) is 0.846. The van der Waals surface area contributed by atoms with E-state index in [1.165, 1.54) is 0 Å². The van der Waals surface area contributed by atoms with Gasteiger partial charge in [-0.15, -0.1) is 0 Å². The lowest BCUT2D eigenvalue weighted by molar-refractivity contribution is -0.122. The Bertz CT molecular complexity index is 376. The summed E-state index contributed by atoms with van der Waals surface area (Å²) in [5, 5.41) is 2.95. The third kappa shape index (κ3) is 5.02. The van der Waals surface area contributed by atoms with E-state index in [9.17, 15) is 4.79 Å². The van der Waals surface area contributed by atoms with E-state index in [2.05, 4.69) is 36.1 Å². The molecule has 96 valence electrons. The van der Waals surface area contributed by atoms with E-state index in [1.54, 1.807) is 6.20 Å². The standard InChI is InChI=1S/C13H23N3O/c1-9-8-14-12(15-9)10(2)16-11(17)6-7-13(3,4)5/h8,10H,6-7H2,1-5H3,(H,14,15)(H,16,17)/t10-/m0/s1. The highest BCUT2D eigenvalue weighted by Crippen LogP contribution is 2.20. The predicted molar refractivity (Wildman–Crippen MR) is 68.6 cm³/mol. The fourth-order valence-corrected chi connectivity index (χ4v) is 1.52. The van der Waals surface area contributed by atoms with Gasteiger partial charge in [0.25, 0.3) is 0 Å². The van der Waals surface area contributed by atoms with E-state index in [0.29, 0.717) is 6.42 Å². The number of carbonyl (C=O) groups excluding carboxylic acids is 1. The molecule has 0 radical (unpaired) electrons. The summed E-state index contributed by atoms with van der Waals surface area (Å²) in [5.41, 5.74) is 1.21. The lowest BCUT2D eigenvalue weighted by Crippen LogP contribution is -2.28. The highest BCUT2D eigenvalue weighted by atomic mass is 16.1. The highest BCUT2D eigenvalue weighted by Gasteiger charge is 2.15. The number of amides is 1. The van der Waals surface area contributed by atoms with Gasteiger partial charge < -0.3 is 10.3 Å². The lowest BCUT2D eigenvalue weighted by Gasteiger charge is -2.18. The highest BCUT2D eigenvalue weighted by molar-refractivity contribution is 5.76. The predicted octanol–water partition coefficient (Wildman–Crippen LogP) is 2.72. The molecule has 4 heteroatoms. The zero-order valence-corrected chi connectivity index (χ0v) is 11.4. The SMILES string of the molecule is Cc1cnc([C@H](C)NC(=O)CCC(C)(C)C)[nH]1. The Hall–Kier alpha value is -1.32. The van der Waals surface area contributed by atoms with Crippen LogP contribution in [0, 0.1) is 12.3 Å². The molecule has 0 aromatic carbocycles. The molecule has 1 aromatic rings. The first kappa shape index (κ1) is 13.7. The van der Waals surface area contributed by atoms with Crippen molar-refractivity contribution in [1.82, 2.24) is 15.3 Å². The van der Waals surface area contributed by atoms with E-state index in [1.807, 2.05) is 13.8 Å². The summed E-state index contributed by atoms with van der Waals surface area (Å²) in [6.07, 6.45) is 3.23. The Balaban J connectivity index is 2.41. The summed E-state index contributed by atoms with van der Waals surface area (Å²) in [7, 11) is 0. The van der Waals surface area contributed by atoms with Crippen molar-refractivity contribution in [2.24, 2.45) is 5.41 Å². The summed E-state index contributed by atoms with van der Waals surface area (Å²) >= 11 is 0. The Morgan fingerprint density at radius 1 is 1.53 bits per heavy atom. The molecule has 0 fully saturated rings. The molecule has 0 aliphatic rings. The lowest BCUT2D eigenvalue weighted by atomic mass is 9.90. The first-order valence-electron chi connectivity index (χ1n) is 6.09. The number of H-pyrrole nitrogens is 1. The Morgan fingerprint density at radius 3 is 2.65 bits per heavy atom. The van der Waals surface area contributed by atoms with Gasteiger partial charge in [0, 0.05) is 18.3 Å². The number of nitrogens with zero attached hydrogens (tertiary/aromatic N) is 1. The molecular weight excluding hydrogens is 214 g/mol. The molecule has 2 N–H and O–H groups in total. The van der Waals surface area contributed by atoms with E-state index < -0.39 is 0 Å². The maximum atomic E-state index is 11.7. The van der Waals surface area contributed by atoms with Crippen molar-refractivity contribution in [2.45, 2.75) is 53.5 Å². The minimum Gasteiger partial charge on any atom is -0.346 e. The van der Waals surface area contributed by atoms with Crippen molar-refractivity contribution >= 4 is 5.91 Å². The van der Waals surface area contributed by atoms with Crippen LogP contribution in [0.1, 0.15) is 58.1 Å². The maximum absolute atomic E-state index is 11.7. The van der Waals surface area contributed by atoms with Crippen LogP contribution in [0.15, 0.2) is 6.20 Å². The van der Waals surface area contributed by atoms with Crippen molar-refractivity contribution in [3.05, 3.63) is 17.7 Å². The van der Waals surface area contributed by atoms with Crippen molar-refractivity contribution < 1.29 is 4.79 Å². The first-order valence-corrected chi connectivity index (χ1v) is 6.09. The number of hydrogen-bond acceptors (Lipinski definition) is 2. The number of aryl methyl sites for hydroxylation is 1. The molecule has 1 rings (SSSR count). The molecule has 0 saturated carbocycles. The van der Waals surface area contributed by atoms with Crippen LogP contribution >= 0.6 is 0 Å². The molecule has 1 amide bonds. The molecule has 1 atom stereocenters. The molecule has 1 heterocycles. The van der Waals surface area contributed by atoms with Gasteiger partial charge in [-0.3, -0.25) is 4.79 Å². The monoisotopic (exact) mass is 237 g/mol. The summed E-state index contributed by atoms with van der Waals surface area (Å²) in [4.78, 5) is 19.1. The van der Waals surface area contributed by atoms with Crippen molar-refractivity contribution in [3.63, 3.8) is 0 Å². The molecule has 0 aliphatic heterocycles. The van der Waals surface area contributed by atoms with Crippen LogP contribution in [0.3, 0.4) is 0 Å². The van der Waals surface area contributed by atoms with Crippen molar-refractivity contribution in [2.75, 3.05) is 0 Å². The molecule has 0 spiro atoms. The van der Waals surface area contributed by atoms with Crippen molar-refractivity contribution in [1.29, 1.82) is 0 Å². The van der Waals surface area contributed by atoms with E-state index in [0.717, 1.165) is 17.9 Å². The van der Waals surface area contributed by atoms with Crippen LogP contribution in [0.25, 0.3) is 0 Å². The molecule has 17 heavy (non-hydrogen) atoms. The molecule has 1 aromatic heterocycles. The van der Waals surface area contributed by atoms with Gasteiger partial charge in [-0.1, -0.05) is 20.8 Å². The van der Waals surface area contributed by atoms with Gasteiger partial charge in [0.15, 0.2) is 0 Å². The number of hydrogen-bond donors (Lipinski definition) is 2. The first-order chi connectivity index (χ1) is 7.78. The summed E-state index contributed by atoms with van der Waals surface area (Å²) in [6.45, 7) is 10.3. The van der Waals surface area contributed by atoms with Crippen LogP contribution < -0.4 is 5.32 Å². The number of rotatable bonds is 4. The zero-order chi connectivity index (χ0) is 13.1. The second-order valence-corrected chi connectivity index (χ2v) is 5.80. The Kier molecular flexibility index (Phi) is 4.32. The Labute approximate surface area is 103 Å². The largest absolute Gasteiger partial charge is 0.346 e. The fraction of sp³-hybridized carbons (Fsp3) is 0.692. The molecule has 0 unspecified atom stereocenters. The van der Waals surface area contributed by atoms with Gasteiger partial charge >= 0.3 is 0 Å². The van der Waals surface area contributed by atoms with E-state index in [-0.39, 0.29) is 17.4 Å². The summed E-state index contributed by atoms with van der Waals surface area (Å²) in [6, 6.07) is -0.0591. The summed E-state index contributed by atoms with van der Waals surface area (Å²) in [5.74, 6) is 0.896. The average Bonchev–Trinajstić information content (AvgIpc) is 2.61. The van der Waals surface area contributed by atoms with Gasteiger partial charge in [0.1, 0.15) is 5.82 Å². The van der Waals surface area contributed by atoms with Crippen LogP contribution in [0.5, 0.6) is 0 Å². The zero-order valence-electron chi connectivity index (χ0n) is 11.4. The normalized spacial score (nSPS) is 13.5. The molecular formula is C13H23N3O. The number of nitrogens with one attached hydrogen (secondary N) is 2. The number of carbonyl (C=O) groups is 1. The topological polar surface area (TPSA) is 57.8 Å². The molecule has 0 aliphatic carbocycles. The van der Waals surface area contributed by atoms with Crippen LogP contribution in [-0.4, -0.2) is 15.9 Å². The molecule has 0 saturated heterocycles.